The van der Waals surface area contributed by atoms with Gasteiger partial charge in [0, 0.05) is 19.6 Å². The summed E-state index contributed by atoms with van der Waals surface area (Å²) >= 11 is 0. The zero-order valence-electron chi connectivity index (χ0n) is 9.67. The van der Waals surface area contributed by atoms with Gasteiger partial charge >= 0.3 is 0 Å². The molecule has 3 heteroatoms. The van der Waals surface area contributed by atoms with Crippen LogP contribution in [0.4, 0.5) is 0 Å². The van der Waals surface area contributed by atoms with Crippen molar-refractivity contribution in [1.29, 1.82) is 0 Å². The van der Waals surface area contributed by atoms with Crippen molar-refractivity contribution in [2.45, 2.75) is 57.0 Å². The first kappa shape index (κ1) is 10.9. The molecule has 2 aliphatic rings. The zero-order valence-corrected chi connectivity index (χ0v) is 9.67. The van der Waals surface area contributed by atoms with E-state index < -0.39 is 0 Å². The Bertz CT molecular complexity index is 222. The molecule has 0 bridgehead atoms. The van der Waals surface area contributed by atoms with Gasteiger partial charge in [-0.15, -0.1) is 0 Å². The summed E-state index contributed by atoms with van der Waals surface area (Å²) in [5, 5.41) is 3.55. The lowest BCUT2D eigenvalue weighted by Crippen LogP contribution is -2.42. The van der Waals surface area contributed by atoms with E-state index in [1.807, 2.05) is 11.9 Å². The molecule has 86 valence electrons. The van der Waals surface area contributed by atoms with Crippen molar-refractivity contribution in [2.75, 3.05) is 13.6 Å². The van der Waals surface area contributed by atoms with Gasteiger partial charge in [-0.25, -0.2) is 0 Å². The summed E-state index contributed by atoms with van der Waals surface area (Å²) in [7, 11) is 1.90. The number of likely N-dealkylation sites (N-methyl/N-ethyl adjacent to an activating group) is 1. The summed E-state index contributed by atoms with van der Waals surface area (Å²) in [5.41, 5.74) is 0. The van der Waals surface area contributed by atoms with E-state index in [2.05, 4.69) is 5.32 Å². The van der Waals surface area contributed by atoms with Gasteiger partial charge in [0.2, 0.25) is 5.91 Å². The molecular weight excluding hydrogens is 188 g/mol. The van der Waals surface area contributed by atoms with E-state index in [1.165, 1.54) is 38.5 Å². The number of carbonyl (C=O) groups is 1. The summed E-state index contributed by atoms with van der Waals surface area (Å²) in [6, 6.07) is 0.700. The highest BCUT2D eigenvalue weighted by Crippen LogP contribution is 2.19. The Kier molecular flexibility index (Phi) is 3.62. The number of nitrogens with one attached hydrogen (secondary N) is 1. The second kappa shape index (κ2) is 4.97. The molecule has 1 aliphatic heterocycles. The highest BCUT2D eigenvalue weighted by molar-refractivity contribution is 5.83. The third kappa shape index (κ3) is 2.71. The van der Waals surface area contributed by atoms with E-state index in [0.717, 1.165) is 13.0 Å². The van der Waals surface area contributed by atoms with Crippen molar-refractivity contribution < 1.29 is 4.79 Å². The molecule has 1 aliphatic carbocycles. The lowest BCUT2D eigenvalue weighted by atomic mass is 10.1. The minimum Gasteiger partial charge on any atom is -0.344 e. The van der Waals surface area contributed by atoms with Crippen LogP contribution in [0.15, 0.2) is 0 Å². The quantitative estimate of drug-likeness (QED) is 0.701. The Morgan fingerprint density at radius 3 is 2.33 bits per heavy atom. The van der Waals surface area contributed by atoms with Crippen molar-refractivity contribution in [3.63, 3.8) is 0 Å². The molecule has 1 unspecified atom stereocenters. The van der Waals surface area contributed by atoms with Crippen molar-refractivity contribution in [3.8, 4) is 0 Å². The standard InChI is InChI=1S/C12H22N2O/c1-14-9-8-11(12(14)15)13-10-6-4-2-3-5-7-10/h10-11,13H,2-9H2,1H3. The van der Waals surface area contributed by atoms with Crippen LogP contribution >= 0.6 is 0 Å². The molecule has 2 rings (SSSR count). The first-order valence-corrected chi connectivity index (χ1v) is 6.28. The molecule has 0 aromatic carbocycles. The monoisotopic (exact) mass is 210 g/mol. The van der Waals surface area contributed by atoms with Crippen LogP contribution in [0.2, 0.25) is 0 Å². The molecule has 0 aromatic heterocycles. The van der Waals surface area contributed by atoms with E-state index in [0.29, 0.717) is 11.9 Å². The van der Waals surface area contributed by atoms with Gasteiger partial charge in [-0.2, -0.15) is 0 Å². The third-order valence-electron chi connectivity index (χ3n) is 3.72. The van der Waals surface area contributed by atoms with Gasteiger partial charge in [0.1, 0.15) is 0 Å². The zero-order chi connectivity index (χ0) is 10.7. The number of nitrogens with zero attached hydrogens (tertiary/aromatic N) is 1. The minimum absolute atomic E-state index is 0.109. The molecule has 1 N–H and O–H groups in total. The molecule has 1 saturated heterocycles. The summed E-state index contributed by atoms with van der Waals surface area (Å²) in [5.74, 6) is 0.291. The van der Waals surface area contributed by atoms with Crippen LogP contribution in [-0.4, -0.2) is 36.5 Å². The van der Waals surface area contributed by atoms with Gasteiger partial charge in [0.15, 0.2) is 0 Å². The maximum atomic E-state index is 11.7. The van der Waals surface area contributed by atoms with Gasteiger partial charge in [0.25, 0.3) is 0 Å². The molecule has 3 nitrogen and oxygen atoms in total. The second-order valence-electron chi connectivity index (χ2n) is 4.96. The van der Waals surface area contributed by atoms with E-state index in [9.17, 15) is 4.79 Å². The van der Waals surface area contributed by atoms with Crippen LogP contribution in [0, 0.1) is 0 Å². The van der Waals surface area contributed by atoms with Crippen LogP contribution in [-0.2, 0) is 4.79 Å². The average molecular weight is 210 g/mol. The molecule has 1 amide bonds. The molecule has 1 saturated carbocycles. The Morgan fingerprint density at radius 1 is 1.13 bits per heavy atom. The number of hydrogen-bond donors (Lipinski definition) is 1. The number of rotatable bonds is 2. The molecule has 15 heavy (non-hydrogen) atoms. The van der Waals surface area contributed by atoms with Crippen molar-refractivity contribution >= 4 is 5.91 Å². The molecule has 0 spiro atoms. The third-order valence-corrected chi connectivity index (χ3v) is 3.72. The minimum atomic E-state index is 0.109. The number of amides is 1. The normalized spacial score (nSPS) is 29.5. The van der Waals surface area contributed by atoms with Gasteiger partial charge in [-0.3, -0.25) is 4.79 Å². The molecule has 1 heterocycles. The smallest absolute Gasteiger partial charge is 0.239 e. The first-order valence-electron chi connectivity index (χ1n) is 6.28. The van der Waals surface area contributed by atoms with E-state index in [4.69, 9.17) is 0 Å². The first-order chi connectivity index (χ1) is 7.27. The SMILES string of the molecule is CN1CCC(NC2CCCCCC2)C1=O. The maximum absolute atomic E-state index is 11.7. The van der Waals surface area contributed by atoms with E-state index >= 15 is 0 Å². The average Bonchev–Trinajstić information content (AvgIpc) is 2.50. The second-order valence-corrected chi connectivity index (χ2v) is 4.96. The lowest BCUT2D eigenvalue weighted by molar-refractivity contribution is -0.128. The molecular formula is C12H22N2O. The predicted molar refractivity (Wildman–Crippen MR) is 60.7 cm³/mol. The van der Waals surface area contributed by atoms with Crippen LogP contribution in [0.25, 0.3) is 0 Å². The van der Waals surface area contributed by atoms with E-state index in [-0.39, 0.29) is 6.04 Å². The van der Waals surface area contributed by atoms with Crippen molar-refractivity contribution in [3.05, 3.63) is 0 Å². The van der Waals surface area contributed by atoms with Crippen molar-refractivity contribution in [1.82, 2.24) is 10.2 Å². The van der Waals surface area contributed by atoms with Crippen molar-refractivity contribution in [2.24, 2.45) is 0 Å². The lowest BCUT2D eigenvalue weighted by Gasteiger charge is -2.20. The van der Waals surface area contributed by atoms with Crippen LogP contribution in [0.1, 0.15) is 44.9 Å². The fourth-order valence-electron chi connectivity index (χ4n) is 2.71. The van der Waals surface area contributed by atoms with Crippen LogP contribution in [0.3, 0.4) is 0 Å². The number of carbonyl (C=O) groups excluding carboxylic acids is 1. The highest BCUT2D eigenvalue weighted by atomic mass is 16.2. The van der Waals surface area contributed by atoms with Gasteiger partial charge < -0.3 is 10.2 Å². The van der Waals surface area contributed by atoms with Crippen LogP contribution < -0.4 is 5.32 Å². The predicted octanol–water partition coefficient (Wildman–Crippen LogP) is 1.53. The Hall–Kier alpha value is -0.570. The Morgan fingerprint density at radius 2 is 1.80 bits per heavy atom. The summed E-state index contributed by atoms with van der Waals surface area (Å²) in [4.78, 5) is 13.6. The molecule has 2 fully saturated rings. The topological polar surface area (TPSA) is 32.3 Å². The fraction of sp³-hybridized carbons (Fsp3) is 0.917. The Balaban J connectivity index is 1.82. The number of hydrogen-bond acceptors (Lipinski definition) is 2. The van der Waals surface area contributed by atoms with Gasteiger partial charge in [-0.05, 0) is 19.3 Å². The van der Waals surface area contributed by atoms with E-state index in [1.54, 1.807) is 0 Å². The highest BCUT2D eigenvalue weighted by Gasteiger charge is 2.30. The molecule has 1 atom stereocenters. The largest absolute Gasteiger partial charge is 0.344 e. The van der Waals surface area contributed by atoms with Gasteiger partial charge in [-0.1, -0.05) is 25.7 Å². The summed E-state index contributed by atoms with van der Waals surface area (Å²) in [6.45, 7) is 0.920. The maximum Gasteiger partial charge on any atom is 0.239 e. The fourth-order valence-corrected chi connectivity index (χ4v) is 2.71. The summed E-state index contributed by atoms with van der Waals surface area (Å²) < 4.78 is 0. The summed E-state index contributed by atoms with van der Waals surface area (Å²) in [6.07, 6.45) is 8.91. The van der Waals surface area contributed by atoms with Gasteiger partial charge in [0.05, 0.1) is 6.04 Å². The van der Waals surface area contributed by atoms with Crippen LogP contribution in [0.5, 0.6) is 0 Å². The Labute approximate surface area is 92.2 Å². The number of likely N-dealkylation sites (tertiary alicyclic amines) is 1. The molecule has 0 radical (unpaired) electrons. The molecule has 0 aromatic rings.